The number of anilines is 1. The van der Waals surface area contributed by atoms with Crippen molar-refractivity contribution in [3.05, 3.63) is 28.8 Å². The number of hydrogen-bond donors (Lipinski definition) is 1. The van der Waals surface area contributed by atoms with E-state index in [-0.39, 0.29) is 12.3 Å². The Morgan fingerprint density at radius 2 is 2.24 bits per heavy atom. The summed E-state index contributed by atoms with van der Waals surface area (Å²) in [6.07, 6.45) is 0.614. The van der Waals surface area contributed by atoms with Crippen LogP contribution >= 0.6 is 11.6 Å². The van der Waals surface area contributed by atoms with Crippen LogP contribution in [-0.2, 0) is 9.59 Å². The lowest BCUT2D eigenvalue weighted by atomic mass is 10.1. The van der Waals surface area contributed by atoms with Crippen LogP contribution in [0.5, 0.6) is 0 Å². The smallest absolute Gasteiger partial charge is 0.326 e. The molecule has 1 unspecified atom stereocenters. The van der Waals surface area contributed by atoms with Crippen LogP contribution in [0.3, 0.4) is 0 Å². The van der Waals surface area contributed by atoms with Crippen molar-refractivity contribution in [2.45, 2.75) is 25.8 Å². The van der Waals surface area contributed by atoms with E-state index >= 15 is 0 Å². The SMILES string of the molecule is Cc1c(Cl)cccc1N1C(=O)CCC1C(=O)O. The van der Waals surface area contributed by atoms with Gasteiger partial charge in [0.2, 0.25) is 5.91 Å². The van der Waals surface area contributed by atoms with E-state index < -0.39 is 12.0 Å². The predicted octanol–water partition coefficient (Wildman–Crippen LogP) is 2.23. The van der Waals surface area contributed by atoms with E-state index in [2.05, 4.69) is 0 Å². The van der Waals surface area contributed by atoms with Crippen molar-refractivity contribution in [1.29, 1.82) is 0 Å². The zero-order valence-corrected chi connectivity index (χ0v) is 10.1. The summed E-state index contributed by atoms with van der Waals surface area (Å²) in [5.74, 6) is -1.14. The topological polar surface area (TPSA) is 57.6 Å². The number of carbonyl (C=O) groups is 2. The molecule has 1 amide bonds. The first-order valence-corrected chi connectivity index (χ1v) is 5.70. The van der Waals surface area contributed by atoms with Crippen molar-refractivity contribution in [3.8, 4) is 0 Å². The highest BCUT2D eigenvalue weighted by Crippen LogP contribution is 2.32. The summed E-state index contributed by atoms with van der Waals surface area (Å²) in [6.45, 7) is 1.78. The number of hydrogen-bond acceptors (Lipinski definition) is 2. The Bertz CT molecular complexity index is 487. The first kappa shape index (κ1) is 11.9. The molecule has 0 spiro atoms. The number of carboxylic acid groups (broad SMARTS) is 1. The highest BCUT2D eigenvalue weighted by molar-refractivity contribution is 6.31. The highest BCUT2D eigenvalue weighted by atomic mass is 35.5. The molecule has 0 saturated carbocycles. The van der Waals surface area contributed by atoms with E-state index in [1.54, 1.807) is 25.1 Å². The second kappa shape index (κ2) is 4.37. The fourth-order valence-corrected chi connectivity index (χ4v) is 2.25. The normalized spacial score (nSPS) is 19.8. The number of carboxylic acids is 1. The summed E-state index contributed by atoms with van der Waals surface area (Å²) in [5, 5.41) is 9.63. The van der Waals surface area contributed by atoms with Crippen LogP contribution in [0, 0.1) is 6.92 Å². The third-order valence-corrected chi connectivity index (χ3v) is 3.41. The van der Waals surface area contributed by atoms with Crippen molar-refractivity contribution in [2.75, 3.05) is 4.90 Å². The van der Waals surface area contributed by atoms with Gasteiger partial charge in [-0.15, -0.1) is 0 Å². The Balaban J connectivity index is 2.47. The van der Waals surface area contributed by atoms with E-state index in [1.165, 1.54) is 4.90 Å². The summed E-state index contributed by atoms with van der Waals surface area (Å²) >= 11 is 5.98. The molecule has 0 bridgehead atoms. The highest BCUT2D eigenvalue weighted by Gasteiger charge is 2.37. The average molecular weight is 254 g/mol. The van der Waals surface area contributed by atoms with Gasteiger partial charge in [-0.3, -0.25) is 9.69 Å². The maximum atomic E-state index is 11.8. The lowest BCUT2D eigenvalue weighted by Gasteiger charge is -2.23. The lowest BCUT2D eigenvalue weighted by Crippen LogP contribution is -2.39. The Hall–Kier alpha value is -1.55. The molecule has 1 N–H and O–H groups in total. The van der Waals surface area contributed by atoms with E-state index in [1.807, 2.05) is 0 Å². The van der Waals surface area contributed by atoms with Crippen molar-refractivity contribution < 1.29 is 14.7 Å². The molecule has 1 aromatic carbocycles. The Kier molecular flexibility index (Phi) is 3.07. The third-order valence-electron chi connectivity index (χ3n) is 3.00. The van der Waals surface area contributed by atoms with Crippen LogP contribution in [0.1, 0.15) is 18.4 Å². The number of rotatable bonds is 2. The maximum absolute atomic E-state index is 11.8. The van der Waals surface area contributed by atoms with Gasteiger partial charge in [-0.2, -0.15) is 0 Å². The van der Waals surface area contributed by atoms with Crippen molar-refractivity contribution in [1.82, 2.24) is 0 Å². The lowest BCUT2D eigenvalue weighted by molar-refractivity contribution is -0.138. The molecule has 1 heterocycles. The second-order valence-corrected chi connectivity index (χ2v) is 4.45. The van der Waals surface area contributed by atoms with E-state index in [9.17, 15) is 9.59 Å². The van der Waals surface area contributed by atoms with Crippen molar-refractivity contribution in [2.24, 2.45) is 0 Å². The predicted molar refractivity (Wildman–Crippen MR) is 64.3 cm³/mol. The van der Waals surface area contributed by atoms with Crippen LogP contribution in [-0.4, -0.2) is 23.0 Å². The van der Waals surface area contributed by atoms with Crippen LogP contribution in [0.4, 0.5) is 5.69 Å². The van der Waals surface area contributed by atoms with Crippen LogP contribution < -0.4 is 4.90 Å². The van der Waals surface area contributed by atoms with Gasteiger partial charge in [0.15, 0.2) is 0 Å². The van der Waals surface area contributed by atoms with Gasteiger partial charge in [0.05, 0.1) is 0 Å². The Labute approximate surface area is 104 Å². The second-order valence-electron chi connectivity index (χ2n) is 4.04. The van der Waals surface area contributed by atoms with Gasteiger partial charge in [-0.25, -0.2) is 4.79 Å². The van der Waals surface area contributed by atoms with Gasteiger partial charge in [-0.05, 0) is 31.0 Å². The van der Waals surface area contributed by atoms with E-state index in [0.717, 1.165) is 5.56 Å². The van der Waals surface area contributed by atoms with Crippen molar-refractivity contribution >= 4 is 29.2 Å². The van der Waals surface area contributed by atoms with E-state index in [0.29, 0.717) is 17.1 Å². The number of nitrogens with zero attached hydrogens (tertiary/aromatic N) is 1. The molecule has 0 aliphatic carbocycles. The minimum Gasteiger partial charge on any atom is -0.480 e. The summed E-state index contributed by atoms with van der Waals surface area (Å²) in [5.41, 5.74) is 1.32. The van der Waals surface area contributed by atoms with Gasteiger partial charge in [0, 0.05) is 17.1 Å². The van der Waals surface area contributed by atoms with E-state index in [4.69, 9.17) is 16.7 Å². The molecule has 4 nitrogen and oxygen atoms in total. The Morgan fingerprint density at radius 1 is 1.53 bits per heavy atom. The molecule has 5 heteroatoms. The molecule has 1 aliphatic heterocycles. The summed E-state index contributed by atoms with van der Waals surface area (Å²) in [4.78, 5) is 24.2. The molecular weight excluding hydrogens is 242 g/mol. The first-order valence-electron chi connectivity index (χ1n) is 5.32. The average Bonchev–Trinajstić information content (AvgIpc) is 2.65. The molecule has 1 fully saturated rings. The van der Waals surface area contributed by atoms with Gasteiger partial charge < -0.3 is 5.11 Å². The zero-order chi connectivity index (χ0) is 12.6. The third kappa shape index (κ3) is 2.00. The number of aliphatic carboxylic acids is 1. The quantitative estimate of drug-likeness (QED) is 0.879. The standard InChI is InChI=1S/C12H12ClNO3/c1-7-8(13)3-2-4-9(7)14-10(12(16)17)5-6-11(14)15/h2-4,10H,5-6H2,1H3,(H,16,17). The summed E-state index contributed by atoms with van der Waals surface area (Å²) < 4.78 is 0. The monoisotopic (exact) mass is 253 g/mol. The number of carbonyl (C=O) groups excluding carboxylic acids is 1. The molecule has 2 rings (SSSR count). The maximum Gasteiger partial charge on any atom is 0.326 e. The van der Waals surface area contributed by atoms with Gasteiger partial charge in [0.25, 0.3) is 0 Å². The van der Waals surface area contributed by atoms with Crippen molar-refractivity contribution in [3.63, 3.8) is 0 Å². The fraction of sp³-hybridized carbons (Fsp3) is 0.333. The molecule has 1 aromatic rings. The molecular formula is C12H12ClNO3. The number of amides is 1. The summed E-state index contributed by atoms with van der Waals surface area (Å²) in [7, 11) is 0. The zero-order valence-electron chi connectivity index (χ0n) is 9.31. The fourth-order valence-electron chi connectivity index (χ4n) is 2.08. The van der Waals surface area contributed by atoms with Gasteiger partial charge in [-0.1, -0.05) is 17.7 Å². The van der Waals surface area contributed by atoms with Crippen LogP contribution in [0.15, 0.2) is 18.2 Å². The van der Waals surface area contributed by atoms with Crippen LogP contribution in [0.25, 0.3) is 0 Å². The largest absolute Gasteiger partial charge is 0.480 e. The first-order chi connectivity index (χ1) is 8.02. The van der Waals surface area contributed by atoms with Gasteiger partial charge in [0.1, 0.15) is 6.04 Å². The molecule has 1 atom stereocenters. The molecule has 1 aliphatic rings. The molecule has 1 saturated heterocycles. The van der Waals surface area contributed by atoms with Gasteiger partial charge >= 0.3 is 5.97 Å². The molecule has 17 heavy (non-hydrogen) atoms. The summed E-state index contributed by atoms with van der Waals surface area (Å²) in [6, 6.07) is 4.38. The minimum atomic E-state index is -0.977. The molecule has 0 radical (unpaired) electrons. The molecule has 90 valence electrons. The molecule has 0 aromatic heterocycles. The number of benzene rings is 1. The number of halogens is 1. The minimum absolute atomic E-state index is 0.164. The van der Waals surface area contributed by atoms with Crippen LogP contribution in [0.2, 0.25) is 5.02 Å². The Morgan fingerprint density at radius 3 is 2.88 bits per heavy atom.